The van der Waals surface area contributed by atoms with Crippen LogP contribution in [0.25, 0.3) is 15.3 Å². The number of rotatable bonds is 7. The fourth-order valence-corrected chi connectivity index (χ4v) is 4.86. The predicted octanol–water partition coefficient (Wildman–Crippen LogP) is 2.81. The molecule has 2 N–H and O–H groups in total. The molecule has 2 aromatic heterocycles. The van der Waals surface area contributed by atoms with Crippen molar-refractivity contribution < 1.29 is 9.59 Å². The number of carbonyl (C=O) groups is 2. The molecule has 158 valence electrons. The lowest BCUT2D eigenvalue weighted by molar-refractivity contribution is -0.122. The summed E-state index contributed by atoms with van der Waals surface area (Å²) < 4.78 is 2.88. The molecule has 8 heteroatoms. The van der Waals surface area contributed by atoms with Crippen LogP contribution in [-0.4, -0.2) is 58.0 Å². The summed E-state index contributed by atoms with van der Waals surface area (Å²) in [4.78, 5) is 32.1. The Balaban J connectivity index is 1.36. The summed E-state index contributed by atoms with van der Waals surface area (Å²) >= 11 is 1.52. The lowest BCUT2D eigenvalue weighted by Gasteiger charge is -2.23. The van der Waals surface area contributed by atoms with Gasteiger partial charge in [0.2, 0.25) is 5.91 Å². The third kappa shape index (κ3) is 4.39. The van der Waals surface area contributed by atoms with Gasteiger partial charge < -0.3 is 15.2 Å². The number of nitrogens with one attached hydrogen (secondary N) is 2. The number of thiazole rings is 1. The van der Waals surface area contributed by atoms with Crippen molar-refractivity contribution in [3.63, 3.8) is 0 Å². The Morgan fingerprint density at radius 2 is 2.10 bits per heavy atom. The standard InChI is InChI=1S/C22H27N5O2S/c1-3-26-12-6-7-17(26)14-23-20(28)15(2)24-21(29)16-8-9-18-19(13-16)30-22(25-18)27-10-4-5-11-27/h4-5,8-11,13,15,17H,3,6-7,12,14H2,1-2H3,(H,23,28)(H,24,29)/t15-,17?/m0/s1. The summed E-state index contributed by atoms with van der Waals surface area (Å²) in [5.74, 6) is -0.411. The Morgan fingerprint density at radius 1 is 1.30 bits per heavy atom. The molecule has 3 heterocycles. The lowest BCUT2D eigenvalue weighted by Crippen LogP contribution is -2.48. The van der Waals surface area contributed by atoms with Gasteiger partial charge in [-0.25, -0.2) is 4.98 Å². The first-order valence-corrected chi connectivity index (χ1v) is 11.2. The van der Waals surface area contributed by atoms with E-state index in [0.29, 0.717) is 18.2 Å². The average molecular weight is 426 g/mol. The fourth-order valence-electron chi connectivity index (χ4n) is 3.89. The number of aromatic nitrogens is 2. The van der Waals surface area contributed by atoms with Gasteiger partial charge in [0.15, 0.2) is 5.13 Å². The smallest absolute Gasteiger partial charge is 0.251 e. The second kappa shape index (κ2) is 8.97. The molecule has 1 saturated heterocycles. The van der Waals surface area contributed by atoms with Crippen LogP contribution < -0.4 is 10.6 Å². The normalized spacial score (nSPS) is 17.9. The van der Waals surface area contributed by atoms with Crippen molar-refractivity contribution >= 4 is 33.4 Å². The molecule has 0 saturated carbocycles. The number of likely N-dealkylation sites (tertiary alicyclic amines) is 1. The first-order valence-electron chi connectivity index (χ1n) is 10.4. The molecule has 0 aliphatic carbocycles. The zero-order valence-corrected chi connectivity index (χ0v) is 18.1. The molecule has 1 fully saturated rings. The minimum absolute atomic E-state index is 0.153. The van der Waals surface area contributed by atoms with Crippen molar-refractivity contribution in [3.8, 4) is 5.13 Å². The van der Waals surface area contributed by atoms with Crippen molar-refractivity contribution in [2.75, 3.05) is 19.6 Å². The molecule has 1 aliphatic heterocycles. The van der Waals surface area contributed by atoms with Crippen LogP contribution in [0.1, 0.15) is 37.0 Å². The summed E-state index contributed by atoms with van der Waals surface area (Å²) in [6, 6.07) is 9.12. The Labute approximate surface area is 180 Å². The van der Waals surface area contributed by atoms with E-state index in [1.807, 2.05) is 41.2 Å². The van der Waals surface area contributed by atoms with Crippen LogP contribution in [0.3, 0.4) is 0 Å². The molecule has 0 spiro atoms. The molecule has 30 heavy (non-hydrogen) atoms. The number of carbonyl (C=O) groups excluding carboxylic acids is 2. The van der Waals surface area contributed by atoms with Crippen LogP contribution >= 0.6 is 11.3 Å². The number of likely N-dealkylation sites (N-methyl/N-ethyl adjacent to an activating group) is 1. The van der Waals surface area contributed by atoms with Crippen molar-refractivity contribution in [1.82, 2.24) is 25.1 Å². The van der Waals surface area contributed by atoms with Crippen LogP contribution in [0.15, 0.2) is 42.7 Å². The maximum absolute atomic E-state index is 12.7. The second-order valence-electron chi connectivity index (χ2n) is 7.63. The van der Waals surface area contributed by atoms with E-state index >= 15 is 0 Å². The molecule has 2 atom stereocenters. The highest BCUT2D eigenvalue weighted by molar-refractivity contribution is 7.20. The number of benzene rings is 1. The van der Waals surface area contributed by atoms with E-state index in [2.05, 4.69) is 27.4 Å². The van der Waals surface area contributed by atoms with Crippen molar-refractivity contribution in [3.05, 3.63) is 48.3 Å². The molecule has 3 aromatic rings. The van der Waals surface area contributed by atoms with Crippen LogP contribution in [0.4, 0.5) is 0 Å². The maximum Gasteiger partial charge on any atom is 0.251 e. The van der Waals surface area contributed by atoms with Gasteiger partial charge in [0.25, 0.3) is 5.91 Å². The van der Waals surface area contributed by atoms with E-state index in [4.69, 9.17) is 0 Å². The highest BCUT2D eigenvalue weighted by atomic mass is 32.1. The molecule has 1 aliphatic rings. The predicted molar refractivity (Wildman–Crippen MR) is 119 cm³/mol. The van der Waals surface area contributed by atoms with E-state index in [1.165, 1.54) is 17.8 Å². The Hall–Kier alpha value is -2.71. The SMILES string of the molecule is CCN1CCCC1CNC(=O)[C@H](C)NC(=O)c1ccc2nc(-n3cccc3)sc2c1. The zero-order chi connectivity index (χ0) is 21.1. The van der Waals surface area contributed by atoms with Gasteiger partial charge in [-0.15, -0.1) is 0 Å². The van der Waals surface area contributed by atoms with Gasteiger partial charge in [-0.2, -0.15) is 0 Å². The summed E-state index contributed by atoms with van der Waals surface area (Å²) in [7, 11) is 0. The highest BCUT2D eigenvalue weighted by Crippen LogP contribution is 2.26. The van der Waals surface area contributed by atoms with Gasteiger partial charge in [0.05, 0.1) is 10.2 Å². The number of amides is 2. The van der Waals surface area contributed by atoms with Crippen LogP contribution in [0.5, 0.6) is 0 Å². The summed E-state index contributed by atoms with van der Waals surface area (Å²) in [5.41, 5.74) is 1.38. The van der Waals surface area contributed by atoms with Crippen molar-refractivity contribution in [2.24, 2.45) is 0 Å². The fraction of sp³-hybridized carbons (Fsp3) is 0.409. The third-order valence-electron chi connectivity index (χ3n) is 5.62. The Bertz CT molecular complexity index is 1030. The largest absolute Gasteiger partial charge is 0.353 e. The quantitative estimate of drug-likeness (QED) is 0.610. The topological polar surface area (TPSA) is 79.3 Å². The molecule has 2 amide bonds. The van der Waals surface area contributed by atoms with Crippen LogP contribution in [0, 0.1) is 0 Å². The third-order valence-corrected chi connectivity index (χ3v) is 6.65. The Kier molecular flexibility index (Phi) is 6.15. The Morgan fingerprint density at radius 3 is 2.87 bits per heavy atom. The summed E-state index contributed by atoms with van der Waals surface area (Å²) in [6.07, 6.45) is 6.16. The van der Waals surface area contributed by atoms with E-state index in [1.54, 1.807) is 13.0 Å². The lowest BCUT2D eigenvalue weighted by atomic mass is 10.2. The molecule has 1 aromatic carbocycles. The molecule has 0 radical (unpaired) electrons. The van der Waals surface area contributed by atoms with E-state index in [0.717, 1.165) is 34.9 Å². The van der Waals surface area contributed by atoms with Crippen molar-refractivity contribution in [1.29, 1.82) is 0 Å². The number of hydrogen-bond acceptors (Lipinski definition) is 5. The summed E-state index contributed by atoms with van der Waals surface area (Å²) in [5, 5.41) is 6.65. The van der Waals surface area contributed by atoms with Crippen molar-refractivity contribution in [2.45, 2.75) is 38.8 Å². The molecule has 7 nitrogen and oxygen atoms in total. The molecule has 0 bridgehead atoms. The second-order valence-corrected chi connectivity index (χ2v) is 8.64. The van der Waals surface area contributed by atoms with Gasteiger partial charge in [0, 0.05) is 30.5 Å². The highest BCUT2D eigenvalue weighted by Gasteiger charge is 2.24. The first kappa shape index (κ1) is 20.6. The van der Waals surface area contributed by atoms with E-state index in [9.17, 15) is 9.59 Å². The van der Waals surface area contributed by atoms with Gasteiger partial charge >= 0.3 is 0 Å². The van der Waals surface area contributed by atoms with Crippen LogP contribution in [-0.2, 0) is 4.79 Å². The molecular weight excluding hydrogens is 398 g/mol. The van der Waals surface area contributed by atoms with Gasteiger partial charge in [0.1, 0.15) is 6.04 Å². The molecule has 4 rings (SSSR count). The number of fused-ring (bicyclic) bond motifs is 1. The van der Waals surface area contributed by atoms with Gasteiger partial charge in [-0.3, -0.25) is 14.5 Å². The van der Waals surface area contributed by atoms with Gasteiger partial charge in [-0.05, 0) is 63.2 Å². The average Bonchev–Trinajstić information content (AvgIpc) is 3.50. The van der Waals surface area contributed by atoms with E-state index < -0.39 is 6.04 Å². The minimum Gasteiger partial charge on any atom is -0.353 e. The number of nitrogens with zero attached hydrogens (tertiary/aromatic N) is 3. The molecular formula is C22H27N5O2S. The number of hydrogen-bond donors (Lipinski definition) is 2. The molecule has 1 unspecified atom stereocenters. The van der Waals surface area contributed by atoms with Gasteiger partial charge in [-0.1, -0.05) is 18.3 Å². The maximum atomic E-state index is 12.7. The zero-order valence-electron chi connectivity index (χ0n) is 17.3. The monoisotopic (exact) mass is 425 g/mol. The summed E-state index contributed by atoms with van der Waals surface area (Å²) in [6.45, 7) is 6.58. The minimum atomic E-state index is -0.596. The van der Waals surface area contributed by atoms with Crippen LogP contribution in [0.2, 0.25) is 0 Å². The van der Waals surface area contributed by atoms with E-state index in [-0.39, 0.29) is 11.8 Å². The first-order chi connectivity index (χ1) is 14.5.